The zero-order chi connectivity index (χ0) is 20.1. The molecule has 0 aliphatic carbocycles. The maximum atomic E-state index is 12.8. The van der Waals surface area contributed by atoms with Gasteiger partial charge in [0, 0.05) is 43.5 Å². The molecule has 1 amide bonds. The number of benzene rings is 1. The quantitative estimate of drug-likeness (QED) is 0.713. The first-order chi connectivity index (χ1) is 14.2. The molecule has 0 unspecified atom stereocenters. The Hall–Kier alpha value is -2.03. The second-order valence-corrected chi connectivity index (χ2v) is 8.12. The number of ether oxygens (including phenoxy) is 1. The van der Waals surface area contributed by atoms with E-state index >= 15 is 0 Å². The molecule has 29 heavy (non-hydrogen) atoms. The molecule has 2 fully saturated rings. The van der Waals surface area contributed by atoms with Crippen LogP contribution in [0.25, 0.3) is 0 Å². The van der Waals surface area contributed by atoms with Crippen LogP contribution in [0.2, 0.25) is 5.02 Å². The topological polar surface area (TPSA) is 76.4 Å². The maximum absolute atomic E-state index is 12.8. The van der Waals surface area contributed by atoms with Gasteiger partial charge in [0.2, 0.25) is 5.91 Å². The fourth-order valence-electron chi connectivity index (χ4n) is 4.04. The van der Waals surface area contributed by atoms with Crippen LogP contribution in [0.15, 0.2) is 24.3 Å². The molecule has 0 radical (unpaired) electrons. The van der Waals surface area contributed by atoms with Gasteiger partial charge < -0.3 is 9.64 Å². The summed E-state index contributed by atoms with van der Waals surface area (Å²) < 4.78 is 7.14. The lowest BCUT2D eigenvalue weighted by atomic mass is 9.90. The number of morpholine rings is 1. The van der Waals surface area contributed by atoms with E-state index in [9.17, 15) is 4.79 Å². The van der Waals surface area contributed by atoms with Crippen LogP contribution >= 0.6 is 11.6 Å². The number of carbonyl (C=O) groups excluding carboxylic acids is 1. The minimum atomic E-state index is 0.163. The number of hydrogen-bond acceptors (Lipinski definition) is 6. The molecule has 9 heteroatoms. The van der Waals surface area contributed by atoms with Gasteiger partial charge in [0.15, 0.2) is 5.82 Å². The lowest BCUT2D eigenvalue weighted by Crippen LogP contribution is -2.39. The first-order valence-corrected chi connectivity index (χ1v) is 10.7. The molecule has 2 aliphatic heterocycles. The Kier molecular flexibility index (Phi) is 6.74. The van der Waals surface area contributed by atoms with Crippen molar-refractivity contribution in [3.63, 3.8) is 0 Å². The summed E-state index contributed by atoms with van der Waals surface area (Å²) in [5.74, 6) is 1.34. The Balaban J connectivity index is 1.30. The van der Waals surface area contributed by atoms with Crippen molar-refractivity contribution >= 4 is 17.5 Å². The normalized spacial score (nSPS) is 20.7. The van der Waals surface area contributed by atoms with Crippen LogP contribution in [0.1, 0.15) is 36.6 Å². The van der Waals surface area contributed by atoms with Crippen LogP contribution in [0.4, 0.5) is 0 Å². The number of halogens is 1. The summed E-state index contributed by atoms with van der Waals surface area (Å²) in [4.78, 5) is 17.1. The van der Waals surface area contributed by atoms with Crippen molar-refractivity contribution < 1.29 is 9.53 Å². The monoisotopic (exact) mass is 418 g/mol. The Morgan fingerprint density at radius 3 is 2.76 bits per heavy atom. The number of aryl methyl sites for hydroxylation is 1. The highest BCUT2D eigenvalue weighted by Gasteiger charge is 2.25. The molecule has 4 rings (SSSR count). The van der Waals surface area contributed by atoms with Gasteiger partial charge in [0.1, 0.15) is 0 Å². The molecule has 3 heterocycles. The molecule has 2 aliphatic rings. The van der Waals surface area contributed by atoms with E-state index in [4.69, 9.17) is 16.3 Å². The number of aromatic nitrogens is 4. The van der Waals surface area contributed by atoms with Crippen LogP contribution < -0.4 is 0 Å². The number of hydrogen-bond donors (Lipinski definition) is 0. The van der Waals surface area contributed by atoms with Crippen LogP contribution in [0.3, 0.4) is 0 Å². The highest BCUT2D eigenvalue weighted by molar-refractivity contribution is 6.30. The predicted octanol–water partition coefficient (Wildman–Crippen LogP) is 1.96. The minimum absolute atomic E-state index is 0.163. The average Bonchev–Trinajstić information content (AvgIpc) is 3.20. The van der Waals surface area contributed by atoms with Crippen molar-refractivity contribution in [3.8, 4) is 0 Å². The van der Waals surface area contributed by atoms with Gasteiger partial charge in [-0.15, -0.1) is 5.10 Å². The van der Waals surface area contributed by atoms with Gasteiger partial charge in [-0.2, -0.15) is 0 Å². The predicted molar refractivity (Wildman–Crippen MR) is 109 cm³/mol. The summed E-state index contributed by atoms with van der Waals surface area (Å²) in [5.41, 5.74) is 1.25. The molecule has 2 saturated heterocycles. The van der Waals surface area contributed by atoms with Gasteiger partial charge in [-0.25, -0.2) is 4.68 Å². The standard InChI is InChI=1S/C20H27ClN6O2/c21-18-5-3-16(4-6-18)17-2-1-8-26(14-17)20(28)7-9-27-19(22-23-24-27)15-25-10-12-29-13-11-25/h3-6,17H,1-2,7-15H2/t17-/m0/s1. The number of carbonyl (C=O) groups is 1. The Morgan fingerprint density at radius 2 is 1.97 bits per heavy atom. The molecule has 1 atom stereocenters. The maximum Gasteiger partial charge on any atom is 0.224 e. The van der Waals surface area contributed by atoms with Gasteiger partial charge in [0.05, 0.1) is 26.3 Å². The molecule has 2 aromatic rings. The summed E-state index contributed by atoms with van der Waals surface area (Å²) in [5, 5.41) is 12.8. The van der Waals surface area contributed by atoms with Crippen molar-refractivity contribution in [1.82, 2.24) is 30.0 Å². The Morgan fingerprint density at radius 1 is 1.17 bits per heavy atom. The lowest BCUT2D eigenvalue weighted by Gasteiger charge is -2.33. The number of nitrogens with zero attached hydrogens (tertiary/aromatic N) is 6. The fraction of sp³-hybridized carbons (Fsp3) is 0.600. The van der Waals surface area contributed by atoms with Crippen molar-refractivity contribution in [1.29, 1.82) is 0 Å². The molecular weight excluding hydrogens is 392 g/mol. The highest BCUT2D eigenvalue weighted by Crippen LogP contribution is 2.28. The zero-order valence-electron chi connectivity index (χ0n) is 16.5. The van der Waals surface area contributed by atoms with Gasteiger partial charge >= 0.3 is 0 Å². The van der Waals surface area contributed by atoms with Gasteiger partial charge in [-0.1, -0.05) is 23.7 Å². The van der Waals surface area contributed by atoms with E-state index in [0.717, 1.165) is 63.1 Å². The molecule has 8 nitrogen and oxygen atoms in total. The third-order valence-electron chi connectivity index (χ3n) is 5.73. The number of amides is 1. The molecule has 0 spiro atoms. The van der Waals surface area contributed by atoms with Crippen LogP contribution in [0.5, 0.6) is 0 Å². The third-order valence-corrected chi connectivity index (χ3v) is 5.98. The Labute approximate surface area is 175 Å². The second kappa shape index (κ2) is 9.65. The number of piperidine rings is 1. The van der Waals surface area contributed by atoms with E-state index in [1.165, 1.54) is 5.56 Å². The number of rotatable bonds is 6. The van der Waals surface area contributed by atoms with E-state index < -0.39 is 0 Å². The van der Waals surface area contributed by atoms with E-state index in [1.54, 1.807) is 4.68 Å². The first-order valence-electron chi connectivity index (χ1n) is 10.3. The molecule has 0 bridgehead atoms. The van der Waals surface area contributed by atoms with E-state index in [-0.39, 0.29) is 5.91 Å². The summed E-state index contributed by atoms with van der Waals surface area (Å²) in [7, 11) is 0. The lowest BCUT2D eigenvalue weighted by molar-refractivity contribution is -0.132. The van der Waals surface area contributed by atoms with Crippen LogP contribution in [-0.2, 0) is 22.6 Å². The molecular formula is C20H27ClN6O2. The number of tetrazole rings is 1. The molecule has 0 N–H and O–H groups in total. The van der Waals surface area contributed by atoms with Gasteiger partial charge in [-0.05, 0) is 41.0 Å². The summed E-state index contributed by atoms with van der Waals surface area (Å²) in [6.07, 6.45) is 2.53. The van der Waals surface area contributed by atoms with Crippen LogP contribution in [-0.4, -0.2) is 75.3 Å². The van der Waals surface area contributed by atoms with E-state index in [1.807, 2.05) is 17.0 Å². The average molecular weight is 419 g/mol. The summed E-state index contributed by atoms with van der Waals surface area (Å²) in [6, 6.07) is 7.98. The second-order valence-electron chi connectivity index (χ2n) is 7.69. The zero-order valence-corrected chi connectivity index (χ0v) is 17.3. The summed E-state index contributed by atoms with van der Waals surface area (Å²) in [6.45, 7) is 6.02. The van der Waals surface area contributed by atoms with E-state index in [2.05, 4.69) is 32.6 Å². The van der Waals surface area contributed by atoms with Crippen LogP contribution in [0, 0.1) is 0 Å². The molecule has 0 saturated carbocycles. The first kappa shape index (κ1) is 20.3. The van der Waals surface area contributed by atoms with Crippen molar-refractivity contribution in [2.24, 2.45) is 0 Å². The van der Waals surface area contributed by atoms with Gasteiger partial charge in [-0.3, -0.25) is 9.69 Å². The van der Waals surface area contributed by atoms with Crippen molar-refractivity contribution in [2.75, 3.05) is 39.4 Å². The smallest absolute Gasteiger partial charge is 0.224 e. The number of likely N-dealkylation sites (tertiary alicyclic amines) is 1. The molecule has 1 aromatic carbocycles. The van der Waals surface area contributed by atoms with E-state index in [0.29, 0.717) is 25.4 Å². The molecule has 156 valence electrons. The van der Waals surface area contributed by atoms with Gasteiger partial charge in [0.25, 0.3) is 0 Å². The minimum Gasteiger partial charge on any atom is -0.379 e. The molecule has 1 aromatic heterocycles. The van der Waals surface area contributed by atoms with Crippen molar-refractivity contribution in [2.45, 2.75) is 38.3 Å². The summed E-state index contributed by atoms with van der Waals surface area (Å²) >= 11 is 6.00. The van der Waals surface area contributed by atoms with Crippen molar-refractivity contribution in [3.05, 3.63) is 40.7 Å². The fourth-order valence-corrected chi connectivity index (χ4v) is 4.17. The SMILES string of the molecule is O=C(CCn1nnnc1CN1CCOCC1)N1CCC[C@H](c2ccc(Cl)cc2)C1. The third kappa shape index (κ3) is 5.32. The largest absolute Gasteiger partial charge is 0.379 e. The Bertz CT molecular complexity index is 806. The highest BCUT2D eigenvalue weighted by atomic mass is 35.5.